The van der Waals surface area contributed by atoms with E-state index < -0.39 is 5.41 Å². The first-order valence-electron chi connectivity index (χ1n) is 13.4. The summed E-state index contributed by atoms with van der Waals surface area (Å²) in [5.41, 5.74) is 4.38. The van der Waals surface area contributed by atoms with Gasteiger partial charge in [0, 0.05) is 32.7 Å². The number of hydrogen-bond acceptors (Lipinski definition) is 4. The fourth-order valence-electron chi connectivity index (χ4n) is 5.29. The number of thioether (sulfide) groups is 1. The first-order valence-corrected chi connectivity index (χ1v) is 14.7. The van der Waals surface area contributed by atoms with Crippen LogP contribution in [0.25, 0.3) is 22.3 Å². The highest BCUT2D eigenvalue weighted by atomic mass is 32.2. The molecule has 40 heavy (non-hydrogen) atoms. The third-order valence-corrected chi connectivity index (χ3v) is 8.17. The second-order valence-corrected chi connectivity index (χ2v) is 12.6. The molecule has 0 saturated heterocycles. The summed E-state index contributed by atoms with van der Waals surface area (Å²) >= 11 is 1.62. The summed E-state index contributed by atoms with van der Waals surface area (Å²) in [6, 6.07) is 31.0. The van der Waals surface area contributed by atoms with Crippen molar-refractivity contribution in [3.63, 3.8) is 0 Å². The summed E-state index contributed by atoms with van der Waals surface area (Å²) in [7, 11) is 0. The Kier molecular flexibility index (Phi) is 8.47. The number of benzene rings is 2. The second-order valence-electron chi connectivity index (χ2n) is 11.7. The van der Waals surface area contributed by atoms with Crippen LogP contribution in [0.15, 0.2) is 105 Å². The molecule has 4 rings (SSSR count). The summed E-state index contributed by atoms with van der Waals surface area (Å²) in [6.45, 7) is 10.1. The van der Waals surface area contributed by atoms with E-state index in [1.807, 2.05) is 126 Å². The predicted molar refractivity (Wildman–Crippen MR) is 168 cm³/mol. The van der Waals surface area contributed by atoms with Crippen molar-refractivity contribution in [3.05, 3.63) is 134 Å². The number of nitriles is 1. The molecule has 0 amide bonds. The Hall–Kier alpha value is -3.94. The maximum Gasteiger partial charge on any atom is 0.190 e. The number of rotatable bonds is 6. The van der Waals surface area contributed by atoms with Crippen LogP contribution in [-0.4, -0.2) is 6.26 Å². The minimum atomic E-state index is -0.582. The minimum Gasteiger partial charge on any atom is -0.289 e. The molecule has 3 nitrogen and oxygen atoms in total. The van der Waals surface area contributed by atoms with Crippen molar-refractivity contribution in [1.29, 1.82) is 5.26 Å². The molecule has 0 fully saturated rings. The fourth-order valence-corrected chi connectivity index (χ4v) is 5.90. The molecule has 0 heterocycles. The van der Waals surface area contributed by atoms with Gasteiger partial charge < -0.3 is 0 Å². The highest BCUT2D eigenvalue weighted by Gasteiger charge is 2.27. The van der Waals surface area contributed by atoms with Crippen LogP contribution in [0, 0.1) is 11.3 Å². The molecule has 0 spiro atoms. The van der Waals surface area contributed by atoms with E-state index in [2.05, 4.69) is 6.07 Å². The summed E-state index contributed by atoms with van der Waals surface area (Å²) in [4.78, 5) is 28.7. The Morgan fingerprint density at radius 2 is 1.15 bits per heavy atom. The molecule has 0 unspecified atom stereocenters. The third-order valence-electron chi connectivity index (χ3n) is 7.37. The van der Waals surface area contributed by atoms with Gasteiger partial charge in [0.2, 0.25) is 0 Å². The lowest BCUT2D eigenvalue weighted by atomic mass is 9.77. The fraction of sp³-hybridized carbons (Fsp3) is 0.250. The van der Waals surface area contributed by atoms with Gasteiger partial charge in [0.15, 0.2) is 10.9 Å². The van der Waals surface area contributed by atoms with Crippen LogP contribution >= 0.6 is 11.8 Å². The van der Waals surface area contributed by atoms with Gasteiger partial charge >= 0.3 is 0 Å². The molecule has 0 N–H and O–H groups in total. The topological polar surface area (TPSA) is 57.9 Å². The average Bonchev–Trinajstić information content (AvgIpc) is 3.23. The molecule has 0 aliphatic rings. The Morgan fingerprint density at radius 3 is 1.75 bits per heavy atom. The zero-order valence-electron chi connectivity index (χ0n) is 24.0. The number of hydrogen-bond donors (Lipinski definition) is 0. The van der Waals surface area contributed by atoms with Gasteiger partial charge in [-0.3, -0.25) is 9.59 Å². The zero-order chi connectivity index (χ0) is 29.1. The summed E-state index contributed by atoms with van der Waals surface area (Å²) in [5, 5.41) is 10.3. The van der Waals surface area contributed by atoms with Crippen LogP contribution in [0.4, 0.5) is 0 Å². The zero-order valence-corrected chi connectivity index (χ0v) is 24.9. The van der Waals surface area contributed by atoms with E-state index in [0.29, 0.717) is 39.8 Å². The average molecular weight is 546 g/mol. The van der Waals surface area contributed by atoms with Crippen LogP contribution in [-0.2, 0) is 17.3 Å². The second kappa shape index (κ2) is 11.7. The van der Waals surface area contributed by atoms with E-state index in [4.69, 9.17) is 0 Å². The van der Waals surface area contributed by atoms with Gasteiger partial charge in [0.05, 0.1) is 5.56 Å². The monoisotopic (exact) mass is 545 g/mol. The van der Waals surface area contributed by atoms with Crippen molar-refractivity contribution < 1.29 is 0 Å². The minimum absolute atomic E-state index is 0.0158. The molecule has 0 aliphatic carbocycles. The van der Waals surface area contributed by atoms with Gasteiger partial charge in [-0.2, -0.15) is 5.26 Å². The third kappa shape index (κ3) is 5.81. The summed E-state index contributed by atoms with van der Waals surface area (Å²) in [5.74, 6) is 0. The van der Waals surface area contributed by atoms with Crippen molar-refractivity contribution in [2.45, 2.75) is 56.8 Å². The smallest absolute Gasteiger partial charge is 0.190 e. The van der Waals surface area contributed by atoms with Crippen LogP contribution in [0.5, 0.6) is 0 Å². The standard InChI is InChI=1S/C36H35NO2S/c1-35(2,3)30-19-10-7-16-27(33(30)38)25-18-13-14-24(29(25)23-37)22-36(4,5)31-20-11-8-17-28(34(31)39)26-15-9-12-21-32(26)40-6/h7-21H,22H2,1-6H3. The lowest BCUT2D eigenvalue weighted by molar-refractivity contribution is 0.519. The van der Waals surface area contributed by atoms with E-state index in [1.54, 1.807) is 17.8 Å². The largest absolute Gasteiger partial charge is 0.289 e. The van der Waals surface area contributed by atoms with E-state index in [9.17, 15) is 14.9 Å². The van der Waals surface area contributed by atoms with E-state index >= 15 is 0 Å². The molecule has 202 valence electrons. The Bertz CT molecular complexity index is 1730. The Balaban J connectivity index is 1.86. The maximum atomic E-state index is 14.0. The van der Waals surface area contributed by atoms with Gasteiger partial charge in [0.25, 0.3) is 0 Å². The van der Waals surface area contributed by atoms with Crippen LogP contribution in [0.1, 0.15) is 56.9 Å². The van der Waals surface area contributed by atoms with Gasteiger partial charge in [-0.1, -0.05) is 120 Å². The van der Waals surface area contributed by atoms with Crippen molar-refractivity contribution in [2.75, 3.05) is 6.26 Å². The predicted octanol–water partition coefficient (Wildman–Crippen LogP) is 8.15. The first-order chi connectivity index (χ1) is 19.0. The molecule has 0 radical (unpaired) electrons. The molecule has 0 aromatic heterocycles. The molecule has 0 atom stereocenters. The van der Waals surface area contributed by atoms with Gasteiger partial charge in [0.1, 0.15) is 6.07 Å². The Labute approximate surface area is 241 Å². The normalized spacial score (nSPS) is 11.6. The van der Waals surface area contributed by atoms with Gasteiger partial charge in [-0.25, -0.2) is 0 Å². The maximum absolute atomic E-state index is 14.0. The highest BCUT2D eigenvalue weighted by molar-refractivity contribution is 7.98. The van der Waals surface area contributed by atoms with E-state index in [1.165, 1.54) is 0 Å². The van der Waals surface area contributed by atoms with Crippen molar-refractivity contribution in [2.24, 2.45) is 0 Å². The van der Waals surface area contributed by atoms with Crippen LogP contribution < -0.4 is 10.9 Å². The highest BCUT2D eigenvalue weighted by Crippen LogP contribution is 2.33. The first kappa shape index (κ1) is 29.1. The van der Waals surface area contributed by atoms with Crippen molar-refractivity contribution >= 4 is 11.8 Å². The number of nitrogens with zero attached hydrogens (tertiary/aromatic N) is 1. The quantitative estimate of drug-likeness (QED) is 0.229. The molecule has 4 aromatic carbocycles. The van der Waals surface area contributed by atoms with Crippen LogP contribution in [0.2, 0.25) is 0 Å². The molecule has 4 aromatic rings. The van der Waals surface area contributed by atoms with E-state index in [0.717, 1.165) is 16.0 Å². The van der Waals surface area contributed by atoms with Crippen molar-refractivity contribution in [1.82, 2.24) is 0 Å². The molecule has 0 bridgehead atoms. The summed E-state index contributed by atoms with van der Waals surface area (Å²) < 4.78 is 0. The molecular weight excluding hydrogens is 510 g/mol. The van der Waals surface area contributed by atoms with E-state index in [-0.39, 0.29) is 16.3 Å². The van der Waals surface area contributed by atoms with Crippen molar-refractivity contribution in [3.8, 4) is 28.3 Å². The molecule has 0 saturated carbocycles. The molecular formula is C36H35NO2S. The lowest BCUT2D eigenvalue weighted by Gasteiger charge is -2.25. The SMILES string of the molecule is CSc1ccccc1-c1ccccc(C(C)(C)Cc2cccc(-c3ccccc(C(C)(C)C)c3=O)c2C#N)c1=O. The Morgan fingerprint density at radius 1 is 0.650 bits per heavy atom. The molecule has 0 aliphatic heterocycles. The van der Waals surface area contributed by atoms with Gasteiger partial charge in [-0.15, -0.1) is 11.8 Å². The molecule has 4 heteroatoms. The van der Waals surface area contributed by atoms with Gasteiger partial charge in [-0.05, 0) is 40.7 Å². The lowest BCUT2D eigenvalue weighted by Crippen LogP contribution is -2.28. The van der Waals surface area contributed by atoms with Crippen LogP contribution in [0.3, 0.4) is 0 Å². The summed E-state index contributed by atoms with van der Waals surface area (Å²) in [6.07, 6.45) is 2.48.